The van der Waals surface area contributed by atoms with Gasteiger partial charge in [-0.3, -0.25) is 4.90 Å². The molecule has 3 aromatic rings. The summed E-state index contributed by atoms with van der Waals surface area (Å²) in [6, 6.07) is 14.8. The highest BCUT2D eigenvalue weighted by molar-refractivity contribution is 5.64. The normalized spacial score (nSPS) is 15.0. The van der Waals surface area contributed by atoms with Crippen LogP contribution in [-0.2, 0) is 6.54 Å². The van der Waals surface area contributed by atoms with Crippen molar-refractivity contribution in [3.63, 3.8) is 0 Å². The van der Waals surface area contributed by atoms with E-state index in [1.54, 1.807) is 12.1 Å². The van der Waals surface area contributed by atoms with Crippen LogP contribution >= 0.6 is 0 Å². The largest absolute Gasteiger partial charge is 0.299 e. The maximum absolute atomic E-state index is 13.1. The number of halogens is 1. The standard InChI is InChI=1S/C21H22FN3/c1-16-19(15-24-12-2-3-13-24)14-23-25(16)21-10-6-18(7-11-21)17-4-8-20(22)9-5-17/h4-11,14H,2-3,12-13,15H2,1H3. The van der Waals surface area contributed by atoms with Crippen LogP contribution in [0.5, 0.6) is 0 Å². The molecule has 4 rings (SSSR count). The molecular weight excluding hydrogens is 313 g/mol. The molecule has 0 amide bonds. The first-order valence-corrected chi connectivity index (χ1v) is 8.83. The van der Waals surface area contributed by atoms with Gasteiger partial charge in [0.05, 0.1) is 11.9 Å². The molecule has 0 aliphatic carbocycles. The van der Waals surface area contributed by atoms with E-state index < -0.39 is 0 Å². The molecule has 0 saturated carbocycles. The molecule has 3 nitrogen and oxygen atoms in total. The van der Waals surface area contributed by atoms with Crippen molar-refractivity contribution in [2.45, 2.75) is 26.3 Å². The zero-order valence-corrected chi connectivity index (χ0v) is 14.5. The lowest BCUT2D eigenvalue weighted by Gasteiger charge is -2.14. The van der Waals surface area contributed by atoms with Gasteiger partial charge >= 0.3 is 0 Å². The Morgan fingerprint density at radius 1 is 0.920 bits per heavy atom. The van der Waals surface area contributed by atoms with Crippen LogP contribution in [-0.4, -0.2) is 27.8 Å². The van der Waals surface area contributed by atoms with Crippen LogP contribution in [0.3, 0.4) is 0 Å². The second-order valence-corrected chi connectivity index (χ2v) is 6.70. The maximum atomic E-state index is 13.1. The summed E-state index contributed by atoms with van der Waals surface area (Å²) in [5.41, 5.74) is 5.63. The van der Waals surface area contributed by atoms with Crippen molar-refractivity contribution in [2.75, 3.05) is 13.1 Å². The van der Waals surface area contributed by atoms with Gasteiger partial charge in [-0.1, -0.05) is 24.3 Å². The van der Waals surface area contributed by atoms with Crippen molar-refractivity contribution in [1.82, 2.24) is 14.7 Å². The Labute approximate surface area is 147 Å². The zero-order chi connectivity index (χ0) is 17.2. The van der Waals surface area contributed by atoms with E-state index in [-0.39, 0.29) is 5.82 Å². The van der Waals surface area contributed by atoms with Gasteiger partial charge < -0.3 is 0 Å². The minimum absolute atomic E-state index is 0.210. The number of benzene rings is 2. The van der Waals surface area contributed by atoms with Crippen LogP contribution in [0, 0.1) is 12.7 Å². The lowest BCUT2D eigenvalue weighted by Crippen LogP contribution is -2.18. The van der Waals surface area contributed by atoms with Gasteiger partial charge in [0.25, 0.3) is 0 Å². The molecular formula is C21H22FN3. The highest BCUT2D eigenvalue weighted by Gasteiger charge is 2.15. The van der Waals surface area contributed by atoms with Crippen molar-refractivity contribution < 1.29 is 4.39 Å². The van der Waals surface area contributed by atoms with Crippen molar-refractivity contribution in [1.29, 1.82) is 0 Å². The van der Waals surface area contributed by atoms with Crippen molar-refractivity contribution in [2.24, 2.45) is 0 Å². The summed E-state index contributed by atoms with van der Waals surface area (Å²) < 4.78 is 15.1. The SMILES string of the molecule is Cc1c(CN2CCCC2)cnn1-c1ccc(-c2ccc(F)cc2)cc1. The monoisotopic (exact) mass is 335 g/mol. The molecule has 0 unspecified atom stereocenters. The highest BCUT2D eigenvalue weighted by Crippen LogP contribution is 2.23. The molecule has 2 aromatic carbocycles. The topological polar surface area (TPSA) is 21.1 Å². The Kier molecular flexibility index (Phi) is 4.36. The molecule has 0 radical (unpaired) electrons. The van der Waals surface area contributed by atoms with Crippen molar-refractivity contribution in [3.8, 4) is 16.8 Å². The lowest BCUT2D eigenvalue weighted by atomic mass is 10.1. The van der Waals surface area contributed by atoms with Crippen LogP contribution < -0.4 is 0 Å². The van der Waals surface area contributed by atoms with Gasteiger partial charge in [-0.25, -0.2) is 9.07 Å². The molecule has 1 fully saturated rings. The summed E-state index contributed by atoms with van der Waals surface area (Å²) >= 11 is 0. The van der Waals surface area contributed by atoms with Gasteiger partial charge in [0.15, 0.2) is 0 Å². The molecule has 1 aliphatic heterocycles. The third-order valence-corrected chi connectivity index (χ3v) is 4.99. The molecule has 0 bridgehead atoms. The van der Waals surface area contributed by atoms with Crippen LogP contribution in [0.2, 0.25) is 0 Å². The number of hydrogen-bond donors (Lipinski definition) is 0. The third kappa shape index (κ3) is 3.35. The quantitative estimate of drug-likeness (QED) is 0.696. The first-order valence-electron chi connectivity index (χ1n) is 8.83. The Hall–Kier alpha value is -2.46. The van der Waals surface area contributed by atoms with Gasteiger partial charge in [-0.2, -0.15) is 5.10 Å². The molecule has 128 valence electrons. The van der Waals surface area contributed by atoms with E-state index in [0.717, 1.165) is 23.4 Å². The Bertz CT molecular complexity index is 844. The summed E-state index contributed by atoms with van der Waals surface area (Å²) in [7, 11) is 0. The zero-order valence-electron chi connectivity index (χ0n) is 14.5. The van der Waals surface area contributed by atoms with E-state index >= 15 is 0 Å². The minimum Gasteiger partial charge on any atom is -0.299 e. The van der Waals surface area contributed by atoms with Crippen molar-refractivity contribution in [3.05, 3.63) is 71.8 Å². The summed E-state index contributed by atoms with van der Waals surface area (Å²) in [4.78, 5) is 2.49. The fourth-order valence-corrected chi connectivity index (χ4v) is 3.48. The fourth-order valence-electron chi connectivity index (χ4n) is 3.48. The van der Waals surface area contributed by atoms with E-state index in [2.05, 4.69) is 41.2 Å². The Morgan fingerprint density at radius 2 is 1.52 bits per heavy atom. The maximum Gasteiger partial charge on any atom is 0.123 e. The summed E-state index contributed by atoms with van der Waals surface area (Å²) in [5.74, 6) is -0.210. The summed E-state index contributed by atoms with van der Waals surface area (Å²) in [5, 5.41) is 4.58. The molecule has 2 heterocycles. The van der Waals surface area contributed by atoms with E-state index in [1.165, 1.54) is 49.3 Å². The number of likely N-dealkylation sites (tertiary alicyclic amines) is 1. The average Bonchev–Trinajstić information content (AvgIpc) is 3.27. The van der Waals surface area contributed by atoms with Gasteiger partial charge in [0, 0.05) is 17.8 Å². The van der Waals surface area contributed by atoms with Gasteiger partial charge in [0.2, 0.25) is 0 Å². The van der Waals surface area contributed by atoms with E-state index in [4.69, 9.17) is 0 Å². The molecule has 4 heteroatoms. The van der Waals surface area contributed by atoms with Crippen LogP contribution in [0.25, 0.3) is 16.8 Å². The number of hydrogen-bond acceptors (Lipinski definition) is 2. The van der Waals surface area contributed by atoms with Crippen LogP contribution in [0.1, 0.15) is 24.1 Å². The number of rotatable bonds is 4. The van der Waals surface area contributed by atoms with E-state index in [1.807, 2.05) is 10.9 Å². The molecule has 1 saturated heterocycles. The fraction of sp³-hybridized carbons (Fsp3) is 0.286. The van der Waals surface area contributed by atoms with Crippen LogP contribution in [0.15, 0.2) is 54.7 Å². The van der Waals surface area contributed by atoms with E-state index in [0.29, 0.717) is 0 Å². The second kappa shape index (κ2) is 6.81. The summed E-state index contributed by atoms with van der Waals surface area (Å²) in [6.07, 6.45) is 4.59. The molecule has 0 spiro atoms. The third-order valence-electron chi connectivity index (χ3n) is 4.99. The highest BCUT2D eigenvalue weighted by atomic mass is 19.1. The van der Waals surface area contributed by atoms with Crippen molar-refractivity contribution >= 4 is 0 Å². The molecule has 1 aliphatic rings. The lowest BCUT2D eigenvalue weighted by molar-refractivity contribution is 0.330. The number of aromatic nitrogens is 2. The molecule has 25 heavy (non-hydrogen) atoms. The number of nitrogens with zero attached hydrogens (tertiary/aromatic N) is 3. The first kappa shape index (κ1) is 16.0. The van der Waals surface area contributed by atoms with Gasteiger partial charge in [-0.15, -0.1) is 0 Å². The van der Waals surface area contributed by atoms with E-state index in [9.17, 15) is 4.39 Å². The summed E-state index contributed by atoms with van der Waals surface area (Å²) in [6.45, 7) is 5.50. The predicted molar refractivity (Wildman–Crippen MR) is 98.2 cm³/mol. The van der Waals surface area contributed by atoms with Gasteiger partial charge in [0.1, 0.15) is 5.82 Å². The average molecular weight is 335 g/mol. The second-order valence-electron chi connectivity index (χ2n) is 6.70. The smallest absolute Gasteiger partial charge is 0.123 e. The predicted octanol–water partition coefficient (Wildman–Crippen LogP) is 4.58. The first-order chi connectivity index (χ1) is 12.2. The molecule has 1 aromatic heterocycles. The Morgan fingerprint density at radius 3 is 2.16 bits per heavy atom. The van der Waals surface area contributed by atoms with Crippen LogP contribution in [0.4, 0.5) is 4.39 Å². The molecule has 0 N–H and O–H groups in total. The van der Waals surface area contributed by atoms with Gasteiger partial charge in [-0.05, 0) is 68.2 Å². The molecule has 0 atom stereocenters. The Balaban J connectivity index is 1.55. The minimum atomic E-state index is -0.210.